The van der Waals surface area contributed by atoms with E-state index < -0.39 is 30.1 Å². The van der Waals surface area contributed by atoms with Crippen molar-refractivity contribution in [1.82, 2.24) is 15.3 Å². The average Bonchev–Trinajstić information content (AvgIpc) is 3.13. The zero-order chi connectivity index (χ0) is 34.1. The minimum atomic E-state index is -1.38. The SMILES string of the molecule is [C-]#[N+]c1nc(N2CCOCC2)c(C(=O)N[C@H](CC(=O)COc2ccccc2)C(=O)OCc2ccccc2)nc1N(CCCO)CCOC. The molecule has 1 aliphatic heterocycles. The Bertz CT molecular complexity index is 1520. The maximum atomic E-state index is 14.1. The van der Waals surface area contributed by atoms with E-state index in [1.54, 1.807) is 58.3 Å². The van der Waals surface area contributed by atoms with E-state index in [1.807, 2.05) is 12.1 Å². The van der Waals surface area contributed by atoms with Gasteiger partial charge in [-0.1, -0.05) is 60.1 Å². The zero-order valence-corrected chi connectivity index (χ0v) is 26.9. The fourth-order valence-corrected chi connectivity index (χ4v) is 4.85. The van der Waals surface area contributed by atoms with E-state index in [0.29, 0.717) is 58.2 Å². The van der Waals surface area contributed by atoms with E-state index in [9.17, 15) is 19.5 Å². The molecule has 14 nitrogen and oxygen atoms in total. The number of ketones is 1. The maximum Gasteiger partial charge on any atom is 0.329 e. The first kappa shape index (κ1) is 35.7. The lowest BCUT2D eigenvalue weighted by Crippen LogP contribution is -2.45. The molecule has 14 heteroatoms. The zero-order valence-electron chi connectivity index (χ0n) is 26.9. The van der Waals surface area contributed by atoms with Crippen LogP contribution in [0.1, 0.15) is 28.9 Å². The Labute approximate surface area is 279 Å². The van der Waals surface area contributed by atoms with Gasteiger partial charge in [-0.15, -0.1) is 0 Å². The van der Waals surface area contributed by atoms with Gasteiger partial charge in [-0.3, -0.25) is 9.59 Å². The van der Waals surface area contributed by atoms with Crippen LogP contribution in [0.15, 0.2) is 60.7 Å². The summed E-state index contributed by atoms with van der Waals surface area (Å²) >= 11 is 0. The van der Waals surface area contributed by atoms with Crippen molar-refractivity contribution < 1.29 is 38.4 Å². The van der Waals surface area contributed by atoms with E-state index in [2.05, 4.69) is 20.1 Å². The predicted octanol–water partition coefficient (Wildman–Crippen LogP) is 2.58. The normalized spacial score (nSPS) is 13.2. The van der Waals surface area contributed by atoms with Crippen molar-refractivity contribution in [2.45, 2.75) is 25.5 Å². The quantitative estimate of drug-likeness (QED) is 0.152. The second kappa shape index (κ2) is 18.9. The van der Waals surface area contributed by atoms with Crippen molar-refractivity contribution in [2.24, 2.45) is 0 Å². The summed E-state index contributed by atoms with van der Waals surface area (Å²) in [4.78, 5) is 56.9. The Morgan fingerprint density at radius 2 is 1.77 bits per heavy atom. The van der Waals surface area contributed by atoms with Gasteiger partial charge in [0.05, 0.1) is 19.8 Å². The number of anilines is 2. The Morgan fingerprint density at radius 1 is 1.06 bits per heavy atom. The summed E-state index contributed by atoms with van der Waals surface area (Å²) < 4.78 is 21.8. The number of benzene rings is 2. The number of morpholine rings is 1. The van der Waals surface area contributed by atoms with Gasteiger partial charge in [0.2, 0.25) is 0 Å². The molecule has 0 aliphatic carbocycles. The minimum Gasteiger partial charge on any atom is -0.486 e. The molecule has 0 bridgehead atoms. The van der Waals surface area contributed by atoms with Gasteiger partial charge in [0, 0.05) is 46.3 Å². The van der Waals surface area contributed by atoms with E-state index >= 15 is 0 Å². The van der Waals surface area contributed by atoms with Crippen molar-refractivity contribution in [2.75, 3.05) is 76.1 Å². The van der Waals surface area contributed by atoms with Crippen LogP contribution in [-0.4, -0.2) is 105 Å². The number of methoxy groups -OCH3 is 1. The smallest absolute Gasteiger partial charge is 0.329 e. The van der Waals surface area contributed by atoms with Gasteiger partial charge in [-0.2, -0.15) is 0 Å². The van der Waals surface area contributed by atoms with Crippen LogP contribution in [0.2, 0.25) is 0 Å². The summed E-state index contributed by atoms with van der Waals surface area (Å²) in [7, 11) is 1.54. The number of ether oxygens (including phenoxy) is 4. The molecule has 2 aromatic carbocycles. The van der Waals surface area contributed by atoms with Crippen LogP contribution < -0.4 is 19.9 Å². The van der Waals surface area contributed by atoms with E-state index in [0.717, 1.165) is 5.56 Å². The van der Waals surface area contributed by atoms with Gasteiger partial charge >= 0.3 is 11.8 Å². The second-order valence-electron chi connectivity index (χ2n) is 10.8. The average molecular weight is 661 g/mol. The Morgan fingerprint density at radius 3 is 2.44 bits per heavy atom. The van der Waals surface area contributed by atoms with Gasteiger partial charge in [0.15, 0.2) is 17.3 Å². The number of Topliss-reactive ketones (excluding diaryl/α,β-unsaturated/α-hetero) is 1. The molecule has 2 heterocycles. The lowest BCUT2D eigenvalue weighted by atomic mass is 10.1. The highest BCUT2D eigenvalue weighted by molar-refractivity contribution is 6.01. The number of rotatable bonds is 18. The lowest BCUT2D eigenvalue weighted by Gasteiger charge is -2.29. The number of nitrogens with one attached hydrogen (secondary N) is 1. The number of aromatic nitrogens is 2. The molecular formula is C34H40N6O8. The number of carbonyl (C=O) groups is 3. The number of esters is 1. The van der Waals surface area contributed by atoms with Crippen LogP contribution in [0.5, 0.6) is 5.75 Å². The third kappa shape index (κ3) is 10.5. The van der Waals surface area contributed by atoms with Crippen LogP contribution in [-0.2, 0) is 30.4 Å². The topological polar surface area (TPSA) is 157 Å². The van der Waals surface area contributed by atoms with Gasteiger partial charge in [0.1, 0.15) is 25.0 Å². The number of nitrogens with zero attached hydrogens (tertiary/aromatic N) is 5. The number of aliphatic hydroxyl groups excluding tert-OH is 1. The number of hydrogen-bond donors (Lipinski definition) is 2. The highest BCUT2D eigenvalue weighted by Crippen LogP contribution is 2.31. The lowest BCUT2D eigenvalue weighted by molar-refractivity contribution is -0.148. The first-order valence-electron chi connectivity index (χ1n) is 15.6. The van der Waals surface area contributed by atoms with Crippen LogP contribution in [0.4, 0.5) is 17.5 Å². The van der Waals surface area contributed by atoms with Gasteiger partial charge in [0.25, 0.3) is 11.7 Å². The molecule has 2 N–H and O–H groups in total. The second-order valence-corrected chi connectivity index (χ2v) is 10.8. The molecule has 1 atom stereocenters. The fraction of sp³-hybridized carbons (Fsp3) is 0.412. The molecule has 254 valence electrons. The van der Waals surface area contributed by atoms with Gasteiger partial charge in [-0.25, -0.2) is 9.78 Å². The van der Waals surface area contributed by atoms with Crippen molar-refractivity contribution in [1.29, 1.82) is 0 Å². The van der Waals surface area contributed by atoms with Crippen molar-refractivity contribution >= 4 is 35.1 Å². The van der Waals surface area contributed by atoms with Crippen LogP contribution in [0.25, 0.3) is 4.85 Å². The largest absolute Gasteiger partial charge is 0.486 e. The first-order valence-corrected chi connectivity index (χ1v) is 15.6. The summed E-state index contributed by atoms with van der Waals surface area (Å²) in [6, 6.07) is 16.4. The summed E-state index contributed by atoms with van der Waals surface area (Å²) in [6.45, 7) is 9.81. The molecule has 0 saturated carbocycles. The molecule has 1 fully saturated rings. The maximum absolute atomic E-state index is 14.1. The number of amides is 1. The third-order valence-corrected chi connectivity index (χ3v) is 7.31. The fourth-order valence-electron chi connectivity index (χ4n) is 4.85. The molecule has 1 aliphatic rings. The number of carbonyl (C=O) groups excluding carboxylic acids is 3. The summed E-state index contributed by atoms with van der Waals surface area (Å²) in [5.41, 5.74) is 0.591. The molecule has 48 heavy (non-hydrogen) atoms. The highest BCUT2D eigenvalue weighted by Gasteiger charge is 2.33. The van der Waals surface area contributed by atoms with E-state index in [-0.39, 0.29) is 43.0 Å². The Kier molecular flexibility index (Phi) is 14.1. The van der Waals surface area contributed by atoms with Crippen molar-refractivity contribution in [3.05, 3.63) is 83.3 Å². The molecule has 1 aromatic heterocycles. The molecule has 0 radical (unpaired) electrons. The van der Waals surface area contributed by atoms with Gasteiger partial charge < -0.3 is 44.0 Å². The molecule has 0 spiro atoms. The van der Waals surface area contributed by atoms with Crippen LogP contribution in [0, 0.1) is 6.57 Å². The standard InChI is InChI=1S/C34H40N6O8/c1-35-30-32(39(14-9-18-41)15-19-45-2)37-29(31(38-30)40-16-20-46-21-17-40)33(43)36-28(34(44)48-23-25-10-5-3-6-11-25)22-26(42)24-47-27-12-7-4-8-13-27/h3-8,10-13,28,41H,9,14-24H2,2H3,(H,36,43)/t28-/m1/s1. The van der Waals surface area contributed by atoms with Crippen LogP contribution >= 0.6 is 0 Å². The molecule has 4 rings (SSSR count). The predicted molar refractivity (Wildman–Crippen MR) is 176 cm³/mol. The summed E-state index contributed by atoms with van der Waals surface area (Å²) in [5, 5.41) is 12.2. The Balaban J connectivity index is 1.65. The molecular weight excluding hydrogens is 620 g/mol. The Hall–Kier alpha value is -5.10. The first-order chi connectivity index (χ1) is 23.4. The highest BCUT2D eigenvalue weighted by atomic mass is 16.5. The minimum absolute atomic E-state index is 0.0332. The molecule has 0 unspecified atom stereocenters. The van der Waals surface area contributed by atoms with E-state index in [4.69, 9.17) is 25.5 Å². The molecule has 3 aromatic rings. The monoisotopic (exact) mass is 660 g/mol. The van der Waals surface area contributed by atoms with Crippen molar-refractivity contribution in [3.63, 3.8) is 0 Å². The van der Waals surface area contributed by atoms with E-state index in [1.165, 1.54) is 7.11 Å². The number of aliphatic hydroxyl groups is 1. The summed E-state index contributed by atoms with van der Waals surface area (Å²) in [6.07, 6.45) is -0.0337. The van der Waals surface area contributed by atoms with Crippen LogP contribution in [0.3, 0.4) is 0 Å². The van der Waals surface area contributed by atoms with Crippen molar-refractivity contribution in [3.8, 4) is 5.75 Å². The third-order valence-electron chi connectivity index (χ3n) is 7.31. The molecule has 1 saturated heterocycles. The summed E-state index contributed by atoms with van der Waals surface area (Å²) in [5.74, 6) is -1.32. The number of para-hydroxylation sites is 1. The number of hydrogen-bond acceptors (Lipinski definition) is 12. The van der Waals surface area contributed by atoms with Gasteiger partial charge in [-0.05, 0) is 24.1 Å². The molecule has 1 amide bonds.